The summed E-state index contributed by atoms with van der Waals surface area (Å²) < 4.78 is 16.3. The van der Waals surface area contributed by atoms with E-state index in [1.165, 1.54) is 6.07 Å². The second kappa shape index (κ2) is 9.36. The van der Waals surface area contributed by atoms with Crippen LogP contribution in [0.2, 0.25) is 0 Å². The Bertz CT molecular complexity index is 1410. The standard InChI is InChI=1S/C26H24N4O5S/c1-16-24(25(28-35-16)17-5-3-2-4-6-17)20-14-36-26(27-20)18-7-9-29(10-8-18)13-19-11-22-23(34-15-33-22)12-21(19)30(31)32/h2-6,11-12,14,18H,7-10,13,15H2,1H3. The van der Waals surface area contributed by atoms with Crippen LogP contribution in [0, 0.1) is 17.0 Å². The smallest absolute Gasteiger partial charge is 0.277 e. The summed E-state index contributed by atoms with van der Waals surface area (Å²) in [4.78, 5) is 18.5. The van der Waals surface area contributed by atoms with E-state index >= 15 is 0 Å². The first-order valence-corrected chi connectivity index (χ1v) is 12.7. The van der Waals surface area contributed by atoms with Crippen LogP contribution in [-0.2, 0) is 6.54 Å². The number of piperidine rings is 1. The Kier molecular flexibility index (Phi) is 5.90. The molecule has 0 atom stereocenters. The van der Waals surface area contributed by atoms with Crippen molar-refractivity contribution in [1.82, 2.24) is 15.0 Å². The maximum Gasteiger partial charge on any atom is 0.277 e. The average molecular weight is 505 g/mol. The number of hydrogen-bond donors (Lipinski definition) is 0. The Morgan fingerprint density at radius 3 is 2.64 bits per heavy atom. The van der Waals surface area contributed by atoms with Crippen LogP contribution in [0.1, 0.15) is 35.1 Å². The van der Waals surface area contributed by atoms with Gasteiger partial charge in [-0.15, -0.1) is 11.3 Å². The van der Waals surface area contributed by atoms with E-state index in [2.05, 4.69) is 15.4 Å². The molecular formula is C26H24N4O5S. The van der Waals surface area contributed by atoms with Gasteiger partial charge in [-0.3, -0.25) is 15.0 Å². The minimum absolute atomic E-state index is 0.0734. The van der Waals surface area contributed by atoms with E-state index < -0.39 is 0 Å². The minimum Gasteiger partial charge on any atom is -0.454 e. The number of nitro benzene ring substituents is 1. The van der Waals surface area contributed by atoms with E-state index in [1.807, 2.05) is 37.3 Å². The molecule has 36 heavy (non-hydrogen) atoms. The molecule has 10 heteroatoms. The van der Waals surface area contributed by atoms with Crippen LogP contribution in [0.25, 0.3) is 22.5 Å². The number of fused-ring (bicyclic) bond motifs is 1. The van der Waals surface area contributed by atoms with Gasteiger partial charge in [-0.25, -0.2) is 4.98 Å². The fraction of sp³-hybridized carbons (Fsp3) is 0.308. The number of aromatic nitrogens is 2. The summed E-state index contributed by atoms with van der Waals surface area (Å²) >= 11 is 1.67. The number of hydrogen-bond acceptors (Lipinski definition) is 9. The van der Waals surface area contributed by atoms with Crippen molar-refractivity contribution in [3.8, 4) is 34.0 Å². The van der Waals surface area contributed by atoms with Crippen LogP contribution >= 0.6 is 11.3 Å². The molecule has 0 spiro atoms. The van der Waals surface area contributed by atoms with Gasteiger partial charge in [0.05, 0.1) is 27.3 Å². The van der Waals surface area contributed by atoms with Gasteiger partial charge in [0.25, 0.3) is 5.69 Å². The number of likely N-dealkylation sites (tertiary alicyclic amines) is 1. The highest BCUT2D eigenvalue weighted by Crippen LogP contribution is 2.40. The molecular weight excluding hydrogens is 480 g/mol. The summed E-state index contributed by atoms with van der Waals surface area (Å²) in [5.41, 5.74) is 4.37. The van der Waals surface area contributed by atoms with Crippen molar-refractivity contribution >= 4 is 17.0 Å². The van der Waals surface area contributed by atoms with Gasteiger partial charge in [0.15, 0.2) is 11.5 Å². The second-order valence-corrected chi connectivity index (χ2v) is 9.93. The van der Waals surface area contributed by atoms with E-state index in [1.54, 1.807) is 17.4 Å². The first-order valence-electron chi connectivity index (χ1n) is 11.8. The molecule has 1 fully saturated rings. The van der Waals surface area contributed by atoms with Crippen molar-refractivity contribution in [3.63, 3.8) is 0 Å². The van der Waals surface area contributed by atoms with E-state index in [0.29, 0.717) is 29.5 Å². The lowest BCUT2D eigenvalue weighted by Gasteiger charge is -2.31. The molecule has 0 N–H and O–H groups in total. The van der Waals surface area contributed by atoms with E-state index in [4.69, 9.17) is 19.0 Å². The zero-order chi connectivity index (χ0) is 24.6. The number of ether oxygens (including phenoxy) is 2. The molecule has 184 valence electrons. The van der Waals surface area contributed by atoms with Gasteiger partial charge in [0.1, 0.15) is 11.5 Å². The molecule has 0 amide bonds. The molecule has 2 aromatic carbocycles. The van der Waals surface area contributed by atoms with Crippen LogP contribution in [0.5, 0.6) is 11.5 Å². The Hall–Kier alpha value is -3.76. The molecule has 0 bridgehead atoms. The molecule has 6 rings (SSSR count). The SMILES string of the molecule is Cc1onc(-c2ccccc2)c1-c1csc(C2CCN(Cc3cc4c(cc3[N+](=O)[O-])OCO4)CC2)n1. The average Bonchev–Trinajstić information content (AvgIpc) is 3.64. The van der Waals surface area contributed by atoms with Gasteiger partial charge in [0.2, 0.25) is 6.79 Å². The van der Waals surface area contributed by atoms with Gasteiger partial charge >= 0.3 is 0 Å². The van der Waals surface area contributed by atoms with E-state index in [-0.39, 0.29) is 17.4 Å². The van der Waals surface area contributed by atoms with Crippen molar-refractivity contribution in [1.29, 1.82) is 0 Å². The third kappa shape index (κ3) is 4.22. The first kappa shape index (κ1) is 22.7. The highest BCUT2D eigenvalue weighted by molar-refractivity contribution is 7.10. The maximum atomic E-state index is 11.6. The molecule has 4 aromatic rings. The molecule has 0 unspecified atom stereocenters. The van der Waals surface area contributed by atoms with Crippen molar-refractivity contribution < 1.29 is 18.9 Å². The largest absolute Gasteiger partial charge is 0.454 e. The van der Waals surface area contributed by atoms with Crippen LogP contribution < -0.4 is 9.47 Å². The molecule has 2 aromatic heterocycles. The predicted octanol–water partition coefficient (Wildman–Crippen LogP) is 5.79. The van der Waals surface area contributed by atoms with Crippen LogP contribution in [0.3, 0.4) is 0 Å². The number of benzene rings is 2. The fourth-order valence-electron chi connectivity index (χ4n) is 4.91. The van der Waals surface area contributed by atoms with Gasteiger partial charge < -0.3 is 14.0 Å². The van der Waals surface area contributed by atoms with Crippen molar-refractivity contribution in [2.24, 2.45) is 0 Å². The molecule has 0 saturated carbocycles. The lowest BCUT2D eigenvalue weighted by atomic mass is 9.97. The molecule has 2 aliphatic rings. The zero-order valence-corrected chi connectivity index (χ0v) is 20.5. The molecule has 4 heterocycles. The van der Waals surface area contributed by atoms with Gasteiger partial charge in [-0.1, -0.05) is 35.5 Å². The van der Waals surface area contributed by atoms with Crippen molar-refractivity contribution in [2.45, 2.75) is 32.2 Å². The molecule has 1 saturated heterocycles. The Morgan fingerprint density at radius 1 is 1.14 bits per heavy atom. The van der Waals surface area contributed by atoms with Crippen LogP contribution in [0.15, 0.2) is 52.4 Å². The van der Waals surface area contributed by atoms with Gasteiger partial charge in [0, 0.05) is 29.0 Å². The zero-order valence-electron chi connectivity index (χ0n) is 19.7. The fourth-order valence-corrected chi connectivity index (χ4v) is 5.89. The van der Waals surface area contributed by atoms with E-state index in [9.17, 15) is 10.1 Å². The monoisotopic (exact) mass is 504 g/mol. The van der Waals surface area contributed by atoms with Crippen LogP contribution in [0.4, 0.5) is 5.69 Å². The third-order valence-electron chi connectivity index (χ3n) is 6.79. The summed E-state index contributed by atoms with van der Waals surface area (Å²) in [7, 11) is 0. The highest BCUT2D eigenvalue weighted by atomic mass is 32.1. The summed E-state index contributed by atoms with van der Waals surface area (Å²) in [5, 5.41) is 19.1. The minimum atomic E-state index is -0.350. The summed E-state index contributed by atoms with van der Waals surface area (Å²) in [6.45, 7) is 4.20. The van der Waals surface area contributed by atoms with Crippen molar-refractivity contribution in [3.05, 3.63) is 74.3 Å². The van der Waals surface area contributed by atoms with E-state index in [0.717, 1.165) is 59.2 Å². The first-order chi connectivity index (χ1) is 17.6. The van der Waals surface area contributed by atoms with Crippen molar-refractivity contribution in [2.75, 3.05) is 19.9 Å². The van der Waals surface area contributed by atoms with Gasteiger partial charge in [-0.2, -0.15) is 0 Å². The topological polar surface area (TPSA) is 104 Å². The number of nitrogens with zero attached hydrogens (tertiary/aromatic N) is 4. The molecule has 0 aliphatic carbocycles. The van der Waals surface area contributed by atoms with Gasteiger partial charge in [-0.05, 0) is 38.9 Å². The maximum absolute atomic E-state index is 11.6. The number of thiazole rings is 1. The Morgan fingerprint density at radius 2 is 1.89 bits per heavy atom. The normalized spacial score (nSPS) is 15.9. The Balaban J connectivity index is 1.16. The predicted molar refractivity (Wildman–Crippen MR) is 134 cm³/mol. The van der Waals surface area contributed by atoms with Crippen LogP contribution in [-0.4, -0.2) is 39.8 Å². The lowest BCUT2D eigenvalue weighted by Crippen LogP contribution is -2.32. The quantitative estimate of drug-likeness (QED) is 0.240. The third-order valence-corrected chi connectivity index (χ3v) is 7.80. The summed E-state index contributed by atoms with van der Waals surface area (Å²) in [6, 6.07) is 13.2. The number of nitro groups is 1. The number of rotatable bonds is 6. The number of aryl methyl sites for hydroxylation is 1. The molecule has 2 aliphatic heterocycles. The lowest BCUT2D eigenvalue weighted by molar-refractivity contribution is -0.385. The summed E-state index contributed by atoms with van der Waals surface area (Å²) in [5.74, 6) is 2.11. The second-order valence-electron chi connectivity index (χ2n) is 9.04. The Labute approximate surface area is 211 Å². The molecule has 0 radical (unpaired) electrons. The molecule has 9 nitrogen and oxygen atoms in total. The highest BCUT2D eigenvalue weighted by Gasteiger charge is 2.28. The summed E-state index contributed by atoms with van der Waals surface area (Å²) in [6.07, 6.45) is 1.89.